The maximum absolute atomic E-state index is 12.1. The number of Topliss-reactive ketones (excluding diaryl/α,β-unsaturated/α-hetero) is 1. The molecule has 0 spiro atoms. The molecule has 0 aliphatic heterocycles. The molecule has 2 unspecified atom stereocenters. The highest BCUT2D eigenvalue weighted by molar-refractivity contribution is 5.79. The minimum absolute atomic E-state index is 0.0195. The quantitative estimate of drug-likeness (QED) is 0.514. The van der Waals surface area contributed by atoms with E-state index in [4.69, 9.17) is 0 Å². The number of carbonyl (C=O) groups is 2. The maximum atomic E-state index is 12.1. The number of ketones is 1. The van der Waals surface area contributed by atoms with Gasteiger partial charge in [-0.1, -0.05) is 33.1 Å². The second kappa shape index (κ2) is 12.8. The SMILES string of the molecule is CCCCCC(CC(C)=O)NC(=O)CC(C)CCCNC. The van der Waals surface area contributed by atoms with Crippen molar-refractivity contribution < 1.29 is 9.59 Å². The molecule has 21 heavy (non-hydrogen) atoms. The average molecular weight is 298 g/mol. The smallest absolute Gasteiger partial charge is 0.220 e. The fraction of sp³-hybridized carbons (Fsp3) is 0.882. The van der Waals surface area contributed by atoms with Gasteiger partial charge in [0.15, 0.2) is 0 Å². The van der Waals surface area contributed by atoms with Crippen LogP contribution in [0.15, 0.2) is 0 Å². The summed E-state index contributed by atoms with van der Waals surface area (Å²) in [6.45, 7) is 6.87. The van der Waals surface area contributed by atoms with Gasteiger partial charge in [0.1, 0.15) is 5.78 Å². The molecule has 2 N–H and O–H groups in total. The Labute approximate surface area is 130 Å². The van der Waals surface area contributed by atoms with Crippen LogP contribution in [-0.2, 0) is 9.59 Å². The van der Waals surface area contributed by atoms with Crippen LogP contribution in [0, 0.1) is 5.92 Å². The van der Waals surface area contributed by atoms with Gasteiger partial charge in [0.05, 0.1) is 0 Å². The molecule has 0 fully saturated rings. The molecule has 4 heteroatoms. The Hall–Kier alpha value is -0.900. The molecule has 0 aromatic carbocycles. The Balaban J connectivity index is 4.09. The van der Waals surface area contributed by atoms with Crippen molar-refractivity contribution in [3.05, 3.63) is 0 Å². The van der Waals surface area contributed by atoms with Gasteiger partial charge in [-0.05, 0) is 45.7 Å². The van der Waals surface area contributed by atoms with Crippen LogP contribution in [0.5, 0.6) is 0 Å². The van der Waals surface area contributed by atoms with Crippen LogP contribution in [0.1, 0.15) is 72.1 Å². The van der Waals surface area contributed by atoms with Gasteiger partial charge in [-0.2, -0.15) is 0 Å². The molecule has 0 aliphatic carbocycles. The first-order valence-electron chi connectivity index (χ1n) is 8.43. The molecule has 2 atom stereocenters. The van der Waals surface area contributed by atoms with Crippen molar-refractivity contribution in [2.45, 2.75) is 78.2 Å². The van der Waals surface area contributed by atoms with E-state index in [2.05, 4.69) is 24.5 Å². The number of rotatable bonds is 13. The fourth-order valence-electron chi connectivity index (χ4n) is 2.55. The summed E-state index contributed by atoms with van der Waals surface area (Å²) in [5.41, 5.74) is 0. The van der Waals surface area contributed by atoms with Crippen LogP contribution in [0.4, 0.5) is 0 Å². The van der Waals surface area contributed by atoms with E-state index < -0.39 is 0 Å². The molecule has 0 aliphatic rings. The highest BCUT2D eigenvalue weighted by Gasteiger charge is 2.16. The molecule has 0 rings (SSSR count). The Kier molecular flexibility index (Phi) is 12.3. The van der Waals surface area contributed by atoms with E-state index in [1.54, 1.807) is 6.92 Å². The summed E-state index contributed by atoms with van der Waals surface area (Å²) in [4.78, 5) is 23.4. The van der Waals surface area contributed by atoms with Crippen LogP contribution in [0.25, 0.3) is 0 Å². The third-order valence-electron chi connectivity index (χ3n) is 3.71. The lowest BCUT2D eigenvalue weighted by atomic mass is 9.99. The Bertz CT molecular complexity index is 293. The summed E-state index contributed by atoms with van der Waals surface area (Å²) < 4.78 is 0. The molecule has 124 valence electrons. The van der Waals surface area contributed by atoms with Gasteiger partial charge in [0.2, 0.25) is 5.91 Å². The number of unbranched alkanes of at least 4 members (excludes halogenated alkanes) is 2. The third kappa shape index (κ3) is 12.5. The second-order valence-corrected chi connectivity index (χ2v) is 6.22. The van der Waals surface area contributed by atoms with E-state index in [0.717, 1.165) is 45.1 Å². The van der Waals surface area contributed by atoms with Gasteiger partial charge >= 0.3 is 0 Å². The zero-order chi connectivity index (χ0) is 16.1. The molecule has 4 nitrogen and oxygen atoms in total. The normalized spacial score (nSPS) is 13.7. The first-order chi connectivity index (χ1) is 9.99. The first-order valence-corrected chi connectivity index (χ1v) is 8.43. The van der Waals surface area contributed by atoms with Crippen molar-refractivity contribution in [1.82, 2.24) is 10.6 Å². The number of hydrogen-bond donors (Lipinski definition) is 2. The second-order valence-electron chi connectivity index (χ2n) is 6.22. The van der Waals surface area contributed by atoms with Gasteiger partial charge in [-0.25, -0.2) is 0 Å². The molecule has 0 aromatic rings. The molecular formula is C17H34N2O2. The predicted octanol–water partition coefficient (Wildman–Crippen LogP) is 3.06. The zero-order valence-corrected chi connectivity index (χ0v) is 14.3. The van der Waals surface area contributed by atoms with Gasteiger partial charge in [-0.3, -0.25) is 9.59 Å². The Morgan fingerprint density at radius 3 is 2.33 bits per heavy atom. The van der Waals surface area contributed by atoms with Crippen molar-refractivity contribution >= 4 is 11.7 Å². The lowest BCUT2D eigenvalue weighted by Crippen LogP contribution is -2.36. The van der Waals surface area contributed by atoms with E-state index in [0.29, 0.717) is 18.8 Å². The van der Waals surface area contributed by atoms with Crippen LogP contribution >= 0.6 is 0 Å². The summed E-state index contributed by atoms with van der Waals surface area (Å²) in [6, 6.07) is 0.0195. The first kappa shape index (κ1) is 20.1. The van der Waals surface area contributed by atoms with Crippen molar-refractivity contribution in [1.29, 1.82) is 0 Å². The van der Waals surface area contributed by atoms with Gasteiger partial charge in [-0.15, -0.1) is 0 Å². The molecule has 0 radical (unpaired) electrons. The number of nitrogens with one attached hydrogen (secondary N) is 2. The molecule has 0 aromatic heterocycles. The highest BCUT2D eigenvalue weighted by Crippen LogP contribution is 2.12. The minimum Gasteiger partial charge on any atom is -0.353 e. The summed E-state index contributed by atoms with van der Waals surface area (Å²) >= 11 is 0. The Morgan fingerprint density at radius 2 is 1.76 bits per heavy atom. The average Bonchev–Trinajstić information content (AvgIpc) is 2.38. The fourth-order valence-corrected chi connectivity index (χ4v) is 2.55. The number of hydrogen-bond acceptors (Lipinski definition) is 3. The third-order valence-corrected chi connectivity index (χ3v) is 3.71. The van der Waals surface area contributed by atoms with E-state index >= 15 is 0 Å². The summed E-state index contributed by atoms with van der Waals surface area (Å²) in [7, 11) is 1.94. The van der Waals surface area contributed by atoms with Gasteiger partial charge in [0.25, 0.3) is 0 Å². The number of amides is 1. The van der Waals surface area contributed by atoms with Crippen molar-refractivity contribution in [2.75, 3.05) is 13.6 Å². The number of carbonyl (C=O) groups excluding carboxylic acids is 2. The molecule has 0 heterocycles. The standard InChI is InChI=1S/C17H34N2O2/c1-5-6-7-10-16(13-15(3)20)19-17(21)12-14(2)9-8-11-18-4/h14,16,18H,5-13H2,1-4H3,(H,19,21). The molecule has 1 amide bonds. The molecular weight excluding hydrogens is 264 g/mol. The van der Waals surface area contributed by atoms with E-state index in [1.807, 2.05) is 7.05 Å². The minimum atomic E-state index is 0.0195. The Morgan fingerprint density at radius 1 is 1.05 bits per heavy atom. The summed E-state index contributed by atoms with van der Waals surface area (Å²) in [5.74, 6) is 0.639. The van der Waals surface area contributed by atoms with E-state index in [9.17, 15) is 9.59 Å². The van der Waals surface area contributed by atoms with Crippen molar-refractivity contribution in [2.24, 2.45) is 5.92 Å². The maximum Gasteiger partial charge on any atom is 0.220 e. The monoisotopic (exact) mass is 298 g/mol. The zero-order valence-electron chi connectivity index (χ0n) is 14.3. The van der Waals surface area contributed by atoms with Crippen LogP contribution in [-0.4, -0.2) is 31.3 Å². The molecule has 0 saturated heterocycles. The summed E-state index contributed by atoms with van der Waals surface area (Å²) in [5, 5.41) is 6.17. The van der Waals surface area contributed by atoms with E-state index in [-0.39, 0.29) is 17.7 Å². The largest absolute Gasteiger partial charge is 0.353 e. The van der Waals surface area contributed by atoms with Crippen molar-refractivity contribution in [3.8, 4) is 0 Å². The molecule has 0 saturated carbocycles. The lowest BCUT2D eigenvalue weighted by molar-refractivity contribution is -0.123. The van der Waals surface area contributed by atoms with Crippen LogP contribution < -0.4 is 10.6 Å². The lowest BCUT2D eigenvalue weighted by Gasteiger charge is -2.19. The predicted molar refractivity (Wildman–Crippen MR) is 88.3 cm³/mol. The van der Waals surface area contributed by atoms with Crippen LogP contribution in [0.2, 0.25) is 0 Å². The van der Waals surface area contributed by atoms with Crippen LogP contribution in [0.3, 0.4) is 0 Å². The topological polar surface area (TPSA) is 58.2 Å². The van der Waals surface area contributed by atoms with Gasteiger partial charge in [0, 0.05) is 18.9 Å². The highest BCUT2D eigenvalue weighted by atomic mass is 16.1. The molecule has 0 bridgehead atoms. The summed E-state index contributed by atoms with van der Waals surface area (Å²) in [6.07, 6.45) is 7.48. The van der Waals surface area contributed by atoms with E-state index in [1.165, 1.54) is 0 Å². The van der Waals surface area contributed by atoms with Gasteiger partial charge < -0.3 is 10.6 Å². The van der Waals surface area contributed by atoms with Crippen molar-refractivity contribution in [3.63, 3.8) is 0 Å².